The van der Waals surface area contributed by atoms with Gasteiger partial charge in [0.1, 0.15) is 48.8 Å². The minimum absolute atomic E-state index is 0.0235. The van der Waals surface area contributed by atoms with E-state index in [4.69, 9.17) is 42.6 Å². The number of aliphatic hydroxyl groups excluding tert-OH is 2. The van der Waals surface area contributed by atoms with Gasteiger partial charge in [-0.3, -0.25) is 0 Å². The summed E-state index contributed by atoms with van der Waals surface area (Å²) in [5.41, 5.74) is 5.60. The minimum Gasteiger partial charge on any atom is -0.394 e. The van der Waals surface area contributed by atoms with Gasteiger partial charge in [0, 0.05) is 0 Å². The molecule has 65 heavy (non-hydrogen) atoms. The van der Waals surface area contributed by atoms with Gasteiger partial charge in [-0.25, -0.2) is 0 Å². The second kappa shape index (κ2) is 24.4. The van der Waals surface area contributed by atoms with Crippen LogP contribution in [0, 0.1) is 0 Å². The fourth-order valence-corrected chi connectivity index (χ4v) is 8.12. The summed E-state index contributed by atoms with van der Waals surface area (Å²) in [7, 11) is 0. The molecule has 11 heteroatoms. The highest BCUT2D eigenvalue weighted by Gasteiger charge is 2.54. The molecule has 2 heterocycles. The Hall–Kier alpha value is -5.12. The molecular formula is C54H58O11. The molecule has 1 unspecified atom stereocenters. The first-order valence-corrected chi connectivity index (χ1v) is 22.3. The van der Waals surface area contributed by atoms with Crippen molar-refractivity contribution in [2.75, 3.05) is 13.2 Å². The van der Waals surface area contributed by atoms with Crippen LogP contribution in [0.15, 0.2) is 182 Å². The van der Waals surface area contributed by atoms with E-state index in [9.17, 15) is 10.2 Å². The van der Waals surface area contributed by atoms with E-state index in [1.807, 2.05) is 182 Å². The van der Waals surface area contributed by atoms with E-state index >= 15 is 0 Å². The molecule has 8 rings (SSSR count). The summed E-state index contributed by atoms with van der Waals surface area (Å²) < 4.78 is 60.4. The number of hydrogen-bond acceptors (Lipinski definition) is 11. The zero-order chi connectivity index (χ0) is 44.5. The third-order valence-corrected chi connectivity index (χ3v) is 11.5. The number of ether oxygens (including phenoxy) is 9. The van der Waals surface area contributed by atoms with E-state index < -0.39 is 68.0 Å². The molecule has 0 bridgehead atoms. The second-order valence-corrected chi connectivity index (χ2v) is 16.2. The Kier molecular flexibility index (Phi) is 17.4. The molecule has 0 amide bonds. The molecule has 0 aromatic heterocycles. The van der Waals surface area contributed by atoms with E-state index in [0.29, 0.717) is 0 Å². The lowest BCUT2D eigenvalue weighted by atomic mass is 9.95. The molecule has 6 aromatic carbocycles. The normalized spacial score (nSPS) is 25.6. The molecular weight excluding hydrogens is 825 g/mol. The molecule has 11 nitrogen and oxygen atoms in total. The standard InChI is InChI=1S/C54H58O11/c55-31-45-47(58-33-40-21-9-2-10-22-40)49(59-34-41-23-11-3-12-24-41)52(62-37-44-29-17-6-18-30-44)54(64-45)65-48-46(38-57-32-39-19-7-1-8-20-39)63-53(56)51(61-36-43-27-15-5-16-28-43)50(48)60-35-42-25-13-4-14-26-42/h1-30,45-56H,31-38H2/t45-,46-,47-,48-,49+,50+,51-,52-,53+,54?/m1/s1. The summed E-state index contributed by atoms with van der Waals surface area (Å²) in [6.07, 6.45) is -9.79. The first-order valence-electron chi connectivity index (χ1n) is 22.3. The van der Waals surface area contributed by atoms with Crippen LogP contribution in [0.2, 0.25) is 0 Å². The van der Waals surface area contributed by atoms with Crippen molar-refractivity contribution in [3.63, 3.8) is 0 Å². The molecule has 6 aromatic rings. The zero-order valence-electron chi connectivity index (χ0n) is 36.3. The molecule has 2 N–H and O–H groups in total. The van der Waals surface area contributed by atoms with Gasteiger partial charge in [0.05, 0.1) is 52.9 Å². The van der Waals surface area contributed by atoms with Crippen molar-refractivity contribution in [1.29, 1.82) is 0 Å². The third kappa shape index (κ3) is 13.3. The molecule has 340 valence electrons. The van der Waals surface area contributed by atoms with Gasteiger partial charge in [-0.1, -0.05) is 182 Å². The molecule has 0 radical (unpaired) electrons. The quantitative estimate of drug-likeness (QED) is 0.0691. The van der Waals surface area contributed by atoms with Gasteiger partial charge in [0.15, 0.2) is 12.6 Å². The van der Waals surface area contributed by atoms with E-state index in [2.05, 4.69) is 0 Å². The number of aliphatic hydroxyl groups is 2. The highest BCUT2D eigenvalue weighted by atomic mass is 16.7. The Morgan fingerprint density at radius 2 is 0.692 bits per heavy atom. The lowest BCUT2D eigenvalue weighted by molar-refractivity contribution is -0.373. The maximum Gasteiger partial charge on any atom is 0.187 e. The van der Waals surface area contributed by atoms with Crippen LogP contribution < -0.4 is 0 Å². The van der Waals surface area contributed by atoms with Crippen LogP contribution in [0.5, 0.6) is 0 Å². The van der Waals surface area contributed by atoms with Crippen molar-refractivity contribution in [2.45, 2.75) is 101 Å². The second-order valence-electron chi connectivity index (χ2n) is 16.2. The maximum absolute atomic E-state index is 11.8. The van der Waals surface area contributed by atoms with Crippen LogP contribution in [-0.4, -0.2) is 84.8 Å². The fourth-order valence-electron chi connectivity index (χ4n) is 8.12. The summed E-state index contributed by atoms with van der Waals surface area (Å²) in [4.78, 5) is 0. The van der Waals surface area contributed by atoms with Crippen molar-refractivity contribution in [3.05, 3.63) is 215 Å². The van der Waals surface area contributed by atoms with Crippen molar-refractivity contribution >= 4 is 0 Å². The summed E-state index contributed by atoms with van der Waals surface area (Å²) in [6, 6.07) is 58.8. The topological polar surface area (TPSA) is 124 Å². The van der Waals surface area contributed by atoms with E-state index in [0.717, 1.165) is 33.4 Å². The van der Waals surface area contributed by atoms with Crippen molar-refractivity contribution in [1.82, 2.24) is 0 Å². The summed E-state index contributed by atoms with van der Waals surface area (Å²) in [5, 5.41) is 22.9. The largest absolute Gasteiger partial charge is 0.394 e. The zero-order valence-corrected chi connectivity index (χ0v) is 36.3. The van der Waals surface area contributed by atoms with Gasteiger partial charge < -0.3 is 52.8 Å². The van der Waals surface area contributed by atoms with Gasteiger partial charge in [-0.2, -0.15) is 0 Å². The lowest BCUT2D eigenvalue weighted by Gasteiger charge is -2.49. The van der Waals surface area contributed by atoms with E-state index in [-0.39, 0.29) is 46.2 Å². The lowest BCUT2D eigenvalue weighted by Crippen LogP contribution is -2.66. The van der Waals surface area contributed by atoms with Crippen LogP contribution in [0.4, 0.5) is 0 Å². The highest BCUT2D eigenvalue weighted by Crippen LogP contribution is 2.36. The van der Waals surface area contributed by atoms with Gasteiger partial charge in [0.25, 0.3) is 0 Å². The molecule has 2 saturated heterocycles. The molecule has 0 aliphatic carbocycles. The fraction of sp³-hybridized carbons (Fsp3) is 0.333. The van der Waals surface area contributed by atoms with E-state index in [1.165, 1.54) is 0 Å². The smallest absolute Gasteiger partial charge is 0.187 e. The van der Waals surface area contributed by atoms with Gasteiger partial charge in [0.2, 0.25) is 0 Å². The molecule has 10 atom stereocenters. The van der Waals surface area contributed by atoms with Crippen molar-refractivity contribution < 1.29 is 52.8 Å². The van der Waals surface area contributed by atoms with Crippen molar-refractivity contribution in [3.8, 4) is 0 Å². The first-order chi connectivity index (χ1) is 32.1. The Bertz CT molecular complexity index is 2210. The highest BCUT2D eigenvalue weighted by molar-refractivity contribution is 5.18. The van der Waals surface area contributed by atoms with Crippen LogP contribution in [0.3, 0.4) is 0 Å². The van der Waals surface area contributed by atoms with E-state index in [1.54, 1.807) is 0 Å². The summed E-state index contributed by atoms with van der Waals surface area (Å²) in [5.74, 6) is 0. The Morgan fingerprint density at radius 1 is 0.354 bits per heavy atom. The summed E-state index contributed by atoms with van der Waals surface area (Å²) >= 11 is 0. The summed E-state index contributed by atoms with van der Waals surface area (Å²) in [6.45, 7) is 0.902. The van der Waals surface area contributed by atoms with Gasteiger partial charge in [-0.15, -0.1) is 0 Å². The van der Waals surface area contributed by atoms with Crippen LogP contribution >= 0.6 is 0 Å². The van der Waals surface area contributed by atoms with Crippen LogP contribution in [0.25, 0.3) is 0 Å². The Balaban J connectivity index is 1.15. The Labute approximate surface area is 381 Å². The van der Waals surface area contributed by atoms with Crippen LogP contribution in [-0.2, 0) is 82.3 Å². The number of benzene rings is 6. The predicted molar refractivity (Wildman–Crippen MR) is 243 cm³/mol. The number of rotatable bonds is 22. The molecule has 0 saturated carbocycles. The van der Waals surface area contributed by atoms with Crippen LogP contribution in [0.1, 0.15) is 33.4 Å². The average Bonchev–Trinajstić information content (AvgIpc) is 3.36. The SMILES string of the molecule is OC[C@H]1OC(O[C@H]2[C@H](OCc3ccccc3)[C@@H](OCc3ccccc3)[C@@H](O)O[C@@H]2COCc2ccccc2)[C@H](OCc2ccccc2)[C@@H](OCc2ccccc2)[C@@H]1OCc1ccccc1. The third-order valence-electron chi connectivity index (χ3n) is 11.5. The van der Waals surface area contributed by atoms with Crippen molar-refractivity contribution in [2.24, 2.45) is 0 Å². The first kappa shape index (κ1) is 46.4. The average molecular weight is 883 g/mol. The molecule has 2 fully saturated rings. The van der Waals surface area contributed by atoms with Gasteiger partial charge >= 0.3 is 0 Å². The number of hydrogen-bond donors (Lipinski definition) is 2. The molecule has 2 aliphatic heterocycles. The minimum atomic E-state index is -1.41. The predicted octanol–water partition coefficient (Wildman–Crippen LogP) is 7.95. The Morgan fingerprint density at radius 3 is 1.09 bits per heavy atom. The molecule has 2 aliphatic rings. The molecule has 0 spiro atoms. The monoisotopic (exact) mass is 882 g/mol. The van der Waals surface area contributed by atoms with Gasteiger partial charge in [-0.05, 0) is 33.4 Å². The maximum atomic E-state index is 11.8.